The average molecular weight is 551 g/mol. The number of fused-ring (bicyclic) bond motifs is 1. The first-order chi connectivity index (χ1) is 15.2. The van der Waals surface area contributed by atoms with Crippen LogP contribution < -0.4 is 10.6 Å². The Labute approximate surface area is 207 Å². The zero-order chi connectivity index (χ0) is 21.5. The van der Waals surface area contributed by atoms with Crippen molar-refractivity contribution < 1.29 is 4.79 Å². The third-order valence-corrected chi connectivity index (χ3v) is 6.19. The third kappa shape index (κ3) is 6.43. The van der Waals surface area contributed by atoms with Crippen molar-refractivity contribution in [3.8, 4) is 0 Å². The lowest BCUT2D eigenvalue weighted by molar-refractivity contribution is -0.127. The van der Waals surface area contributed by atoms with E-state index in [0.29, 0.717) is 18.9 Å². The summed E-state index contributed by atoms with van der Waals surface area (Å²) in [5, 5.41) is 15.5. The standard InChI is InChI=1S/C23H33N7O.HI/c1-24-23(26-16-21-28-27-20-10-6-3-7-12-30(20)21)25-15-19-14-22(31)29(17-19)13-11-18-8-4-2-5-9-18;/h2,4-5,8-9,19H,3,6-7,10-17H2,1H3,(H2,24,25,26);1H. The van der Waals surface area contributed by atoms with Gasteiger partial charge in [0.25, 0.3) is 0 Å². The molecule has 0 saturated carbocycles. The largest absolute Gasteiger partial charge is 0.356 e. The quantitative estimate of drug-likeness (QED) is 0.314. The Morgan fingerprint density at radius 1 is 1.16 bits per heavy atom. The lowest BCUT2D eigenvalue weighted by Gasteiger charge is -2.18. The Morgan fingerprint density at radius 2 is 2.00 bits per heavy atom. The topological polar surface area (TPSA) is 87.4 Å². The highest BCUT2D eigenvalue weighted by Gasteiger charge is 2.29. The number of nitrogens with one attached hydrogen (secondary N) is 2. The van der Waals surface area contributed by atoms with E-state index in [-0.39, 0.29) is 29.9 Å². The number of guanidine groups is 1. The molecule has 2 aliphatic heterocycles. The highest BCUT2D eigenvalue weighted by atomic mass is 127. The van der Waals surface area contributed by atoms with Gasteiger partial charge in [-0.2, -0.15) is 0 Å². The number of carbonyl (C=O) groups excluding carboxylic acids is 1. The Morgan fingerprint density at radius 3 is 2.81 bits per heavy atom. The molecule has 32 heavy (non-hydrogen) atoms. The normalized spacial score (nSPS) is 18.7. The van der Waals surface area contributed by atoms with Crippen LogP contribution in [0, 0.1) is 5.92 Å². The molecular weight excluding hydrogens is 517 g/mol. The van der Waals surface area contributed by atoms with Gasteiger partial charge < -0.3 is 20.1 Å². The maximum absolute atomic E-state index is 12.4. The monoisotopic (exact) mass is 551 g/mol. The van der Waals surface area contributed by atoms with Gasteiger partial charge in [0.05, 0.1) is 6.54 Å². The van der Waals surface area contributed by atoms with E-state index in [4.69, 9.17) is 0 Å². The number of aryl methyl sites for hydroxylation is 1. The summed E-state index contributed by atoms with van der Waals surface area (Å²) in [5.74, 6) is 3.34. The van der Waals surface area contributed by atoms with Gasteiger partial charge in [-0.25, -0.2) is 0 Å². The second kappa shape index (κ2) is 12.2. The summed E-state index contributed by atoms with van der Waals surface area (Å²) < 4.78 is 2.24. The molecular formula is C23H34IN7O. The van der Waals surface area contributed by atoms with Gasteiger partial charge in [0.2, 0.25) is 5.91 Å². The first kappa shape index (κ1) is 24.5. The molecule has 2 aromatic rings. The molecule has 2 aliphatic rings. The summed E-state index contributed by atoms with van der Waals surface area (Å²) in [6.45, 7) is 3.90. The lowest BCUT2D eigenvalue weighted by Crippen LogP contribution is -2.40. The van der Waals surface area contributed by atoms with Crippen molar-refractivity contribution in [2.45, 2.75) is 51.6 Å². The molecule has 1 atom stereocenters. The van der Waals surface area contributed by atoms with Crippen LogP contribution in [0.2, 0.25) is 0 Å². The van der Waals surface area contributed by atoms with Crippen LogP contribution in [0.4, 0.5) is 0 Å². The number of hydrogen-bond donors (Lipinski definition) is 2. The molecule has 2 N–H and O–H groups in total. The van der Waals surface area contributed by atoms with Gasteiger partial charge in [0.1, 0.15) is 5.82 Å². The van der Waals surface area contributed by atoms with Crippen LogP contribution in [-0.2, 0) is 30.7 Å². The summed E-state index contributed by atoms with van der Waals surface area (Å²) in [7, 11) is 1.77. The zero-order valence-corrected chi connectivity index (χ0v) is 21.1. The van der Waals surface area contributed by atoms with Crippen molar-refractivity contribution in [3.63, 3.8) is 0 Å². The Bertz CT molecular complexity index is 899. The molecule has 1 fully saturated rings. The highest BCUT2D eigenvalue weighted by molar-refractivity contribution is 14.0. The minimum Gasteiger partial charge on any atom is -0.356 e. The molecule has 8 nitrogen and oxygen atoms in total. The van der Waals surface area contributed by atoms with Crippen molar-refractivity contribution in [3.05, 3.63) is 47.5 Å². The Kier molecular flexibility index (Phi) is 9.31. The van der Waals surface area contributed by atoms with Crippen LogP contribution in [0.5, 0.6) is 0 Å². The molecule has 0 aliphatic carbocycles. The fourth-order valence-electron chi connectivity index (χ4n) is 4.42. The van der Waals surface area contributed by atoms with E-state index in [0.717, 1.165) is 56.6 Å². The number of amides is 1. The summed E-state index contributed by atoms with van der Waals surface area (Å²) in [5.41, 5.74) is 1.27. The number of rotatable bonds is 7. The van der Waals surface area contributed by atoms with Crippen molar-refractivity contribution in [2.24, 2.45) is 10.9 Å². The van der Waals surface area contributed by atoms with Gasteiger partial charge in [0, 0.05) is 52.0 Å². The number of hydrogen-bond acceptors (Lipinski definition) is 4. The van der Waals surface area contributed by atoms with E-state index >= 15 is 0 Å². The van der Waals surface area contributed by atoms with Crippen LogP contribution in [0.25, 0.3) is 0 Å². The second-order valence-electron chi connectivity index (χ2n) is 8.45. The molecule has 9 heteroatoms. The molecule has 1 amide bonds. The number of benzene rings is 1. The Hall–Kier alpha value is -2.17. The van der Waals surface area contributed by atoms with Crippen LogP contribution in [-0.4, -0.2) is 58.2 Å². The predicted molar refractivity (Wildman–Crippen MR) is 136 cm³/mol. The van der Waals surface area contributed by atoms with Crippen molar-refractivity contribution in [2.75, 3.05) is 26.7 Å². The summed E-state index contributed by atoms with van der Waals surface area (Å²) >= 11 is 0. The van der Waals surface area contributed by atoms with Crippen molar-refractivity contribution >= 4 is 35.8 Å². The van der Waals surface area contributed by atoms with Crippen LogP contribution in [0.3, 0.4) is 0 Å². The Balaban J connectivity index is 0.00000289. The van der Waals surface area contributed by atoms with E-state index < -0.39 is 0 Å². The highest BCUT2D eigenvalue weighted by Crippen LogP contribution is 2.18. The van der Waals surface area contributed by atoms with Gasteiger partial charge in [-0.05, 0) is 24.8 Å². The molecule has 0 spiro atoms. The van der Waals surface area contributed by atoms with Crippen LogP contribution in [0.1, 0.15) is 42.9 Å². The van der Waals surface area contributed by atoms with Gasteiger partial charge >= 0.3 is 0 Å². The number of carbonyl (C=O) groups is 1. The molecule has 3 heterocycles. The van der Waals surface area contributed by atoms with Crippen molar-refractivity contribution in [1.82, 2.24) is 30.3 Å². The summed E-state index contributed by atoms with van der Waals surface area (Å²) in [6.07, 6.45) is 6.13. The second-order valence-corrected chi connectivity index (χ2v) is 8.45. The SMILES string of the molecule is CN=C(NCc1nnc2n1CCCCC2)NCC1CC(=O)N(CCc2ccccc2)C1.I. The van der Waals surface area contributed by atoms with E-state index in [9.17, 15) is 4.79 Å². The molecule has 1 aromatic carbocycles. The maximum atomic E-state index is 12.4. The predicted octanol–water partition coefficient (Wildman–Crippen LogP) is 2.38. The molecule has 1 unspecified atom stereocenters. The first-order valence-electron chi connectivity index (χ1n) is 11.4. The molecule has 0 bridgehead atoms. The minimum atomic E-state index is 0. The summed E-state index contributed by atoms with van der Waals surface area (Å²) in [6, 6.07) is 10.3. The van der Waals surface area contributed by atoms with Crippen molar-refractivity contribution in [1.29, 1.82) is 0 Å². The van der Waals surface area contributed by atoms with E-state index in [1.54, 1.807) is 7.05 Å². The van der Waals surface area contributed by atoms with Gasteiger partial charge in [0.15, 0.2) is 11.8 Å². The molecule has 174 valence electrons. The average Bonchev–Trinajstić information content (AvgIpc) is 3.26. The molecule has 4 rings (SSSR count). The number of aromatic nitrogens is 3. The van der Waals surface area contributed by atoms with Gasteiger partial charge in [-0.1, -0.05) is 36.8 Å². The summed E-state index contributed by atoms with van der Waals surface area (Å²) in [4.78, 5) is 18.7. The molecule has 1 saturated heterocycles. The number of likely N-dealkylation sites (tertiary alicyclic amines) is 1. The number of nitrogens with zero attached hydrogens (tertiary/aromatic N) is 5. The third-order valence-electron chi connectivity index (χ3n) is 6.19. The van der Waals surface area contributed by atoms with Gasteiger partial charge in [-0.3, -0.25) is 9.79 Å². The zero-order valence-electron chi connectivity index (χ0n) is 18.8. The molecule has 1 aromatic heterocycles. The first-order valence-corrected chi connectivity index (χ1v) is 11.4. The maximum Gasteiger partial charge on any atom is 0.223 e. The number of aliphatic imine (C=N–C) groups is 1. The minimum absolute atomic E-state index is 0. The van der Waals surface area contributed by atoms with E-state index in [1.165, 1.54) is 24.8 Å². The van der Waals surface area contributed by atoms with Crippen LogP contribution >= 0.6 is 24.0 Å². The fourth-order valence-corrected chi connectivity index (χ4v) is 4.42. The fraction of sp³-hybridized carbons (Fsp3) is 0.565. The van der Waals surface area contributed by atoms with Crippen LogP contribution in [0.15, 0.2) is 35.3 Å². The number of halogens is 1. The smallest absolute Gasteiger partial charge is 0.223 e. The van der Waals surface area contributed by atoms with Gasteiger partial charge in [-0.15, -0.1) is 34.2 Å². The van der Waals surface area contributed by atoms with E-state index in [2.05, 4.69) is 42.5 Å². The van der Waals surface area contributed by atoms with E-state index in [1.807, 2.05) is 23.1 Å². The molecule has 0 radical (unpaired) electrons. The lowest BCUT2D eigenvalue weighted by atomic mass is 10.1.